The summed E-state index contributed by atoms with van der Waals surface area (Å²) < 4.78 is 0. The summed E-state index contributed by atoms with van der Waals surface area (Å²) in [6, 6.07) is 4.11. The van der Waals surface area contributed by atoms with Crippen molar-refractivity contribution in [2.75, 3.05) is 37.8 Å². The smallest absolute Gasteiger partial charge is 0.153 e. The molecule has 1 atom stereocenters. The van der Waals surface area contributed by atoms with Crippen molar-refractivity contribution >= 4 is 23.1 Å². The molecule has 94 valence electrons. The molecular formula is C12H19ClN4. The van der Waals surface area contributed by atoms with E-state index in [9.17, 15) is 0 Å². The first-order chi connectivity index (χ1) is 8.08. The fraction of sp³-hybridized carbons (Fsp3) is 0.583. The van der Waals surface area contributed by atoms with Crippen LogP contribution < -0.4 is 10.6 Å². The van der Waals surface area contributed by atoms with Gasteiger partial charge in [0.25, 0.3) is 0 Å². The van der Waals surface area contributed by atoms with Crippen LogP contribution in [0.2, 0.25) is 5.15 Å². The van der Waals surface area contributed by atoms with Crippen LogP contribution in [0.5, 0.6) is 0 Å². The first-order valence-corrected chi connectivity index (χ1v) is 6.29. The van der Waals surface area contributed by atoms with Gasteiger partial charge < -0.3 is 15.5 Å². The predicted octanol–water partition coefficient (Wildman–Crippen LogP) is 1.85. The minimum Gasteiger partial charge on any atom is -0.396 e. The van der Waals surface area contributed by atoms with E-state index in [0.717, 1.165) is 12.4 Å². The Hall–Kier alpha value is -1.00. The standard InChI is InChI=1S/C12H19ClN4/c1-16-7-3-4-9(16)8-17(2)12-10(14)5-6-11(13)15-12/h5-6,9H,3-4,7-8,14H2,1-2H3. The van der Waals surface area contributed by atoms with Crippen LogP contribution in [0.3, 0.4) is 0 Å². The van der Waals surface area contributed by atoms with Crippen molar-refractivity contribution in [1.82, 2.24) is 9.88 Å². The summed E-state index contributed by atoms with van der Waals surface area (Å²) in [5.41, 5.74) is 6.60. The molecule has 2 heterocycles. The maximum Gasteiger partial charge on any atom is 0.153 e. The number of hydrogen-bond donors (Lipinski definition) is 1. The average Bonchev–Trinajstić information content (AvgIpc) is 2.68. The molecule has 2 N–H and O–H groups in total. The summed E-state index contributed by atoms with van der Waals surface area (Å²) in [7, 11) is 4.18. The number of halogens is 1. The number of nitrogens with two attached hydrogens (primary N) is 1. The van der Waals surface area contributed by atoms with E-state index in [1.165, 1.54) is 19.4 Å². The molecule has 0 radical (unpaired) electrons. The van der Waals surface area contributed by atoms with Gasteiger partial charge in [-0.2, -0.15) is 0 Å². The predicted molar refractivity (Wildman–Crippen MR) is 72.6 cm³/mol. The lowest BCUT2D eigenvalue weighted by Crippen LogP contribution is -2.37. The molecule has 0 bridgehead atoms. The first kappa shape index (κ1) is 12.5. The van der Waals surface area contributed by atoms with Gasteiger partial charge >= 0.3 is 0 Å². The number of nitrogen functional groups attached to an aromatic ring is 1. The first-order valence-electron chi connectivity index (χ1n) is 5.91. The van der Waals surface area contributed by atoms with Crippen molar-refractivity contribution in [3.63, 3.8) is 0 Å². The zero-order chi connectivity index (χ0) is 12.4. The maximum atomic E-state index is 5.92. The third kappa shape index (κ3) is 2.82. The SMILES string of the molecule is CN(CC1CCCN1C)c1nc(Cl)ccc1N. The summed E-state index contributed by atoms with van der Waals surface area (Å²) in [5.74, 6) is 0.776. The average molecular weight is 255 g/mol. The van der Waals surface area contributed by atoms with Crippen LogP contribution in [0.1, 0.15) is 12.8 Å². The fourth-order valence-corrected chi connectivity index (χ4v) is 2.50. The van der Waals surface area contributed by atoms with Crippen LogP contribution in [0.15, 0.2) is 12.1 Å². The highest BCUT2D eigenvalue weighted by Crippen LogP contribution is 2.24. The lowest BCUT2D eigenvalue weighted by Gasteiger charge is -2.27. The van der Waals surface area contributed by atoms with Gasteiger partial charge in [0.05, 0.1) is 5.69 Å². The normalized spacial score (nSPS) is 20.8. The van der Waals surface area contributed by atoms with Crippen molar-refractivity contribution in [2.45, 2.75) is 18.9 Å². The number of hydrogen-bond acceptors (Lipinski definition) is 4. The second-order valence-corrected chi connectivity index (χ2v) is 5.09. The van der Waals surface area contributed by atoms with E-state index in [0.29, 0.717) is 16.9 Å². The van der Waals surface area contributed by atoms with Crippen molar-refractivity contribution < 1.29 is 0 Å². The Balaban J connectivity index is 2.08. The van der Waals surface area contributed by atoms with E-state index in [1.54, 1.807) is 12.1 Å². The highest BCUT2D eigenvalue weighted by atomic mass is 35.5. The topological polar surface area (TPSA) is 45.4 Å². The van der Waals surface area contributed by atoms with Crippen LogP contribution in [-0.2, 0) is 0 Å². The molecule has 0 spiro atoms. The molecule has 5 heteroatoms. The number of pyridine rings is 1. The van der Waals surface area contributed by atoms with E-state index < -0.39 is 0 Å². The summed E-state index contributed by atoms with van der Waals surface area (Å²) in [5, 5.41) is 0.487. The lowest BCUT2D eigenvalue weighted by molar-refractivity contribution is 0.314. The summed E-state index contributed by atoms with van der Waals surface area (Å²) in [6.45, 7) is 2.12. The Morgan fingerprint density at radius 3 is 3.00 bits per heavy atom. The van der Waals surface area contributed by atoms with Gasteiger partial charge in [0.15, 0.2) is 5.82 Å². The third-order valence-corrected chi connectivity index (χ3v) is 3.60. The van der Waals surface area contributed by atoms with Crippen molar-refractivity contribution in [2.24, 2.45) is 0 Å². The van der Waals surface area contributed by atoms with Crippen molar-refractivity contribution in [1.29, 1.82) is 0 Å². The number of anilines is 2. The molecule has 1 aromatic rings. The molecule has 17 heavy (non-hydrogen) atoms. The van der Waals surface area contributed by atoms with Crippen molar-refractivity contribution in [3.05, 3.63) is 17.3 Å². The van der Waals surface area contributed by atoms with E-state index in [2.05, 4.69) is 21.8 Å². The Morgan fingerprint density at radius 1 is 1.59 bits per heavy atom. The van der Waals surface area contributed by atoms with Gasteiger partial charge in [-0.05, 0) is 38.6 Å². The maximum absolute atomic E-state index is 5.92. The molecule has 0 amide bonds. The molecule has 1 aliphatic heterocycles. The van der Waals surface area contributed by atoms with Crippen molar-refractivity contribution in [3.8, 4) is 0 Å². The van der Waals surface area contributed by atoms with Crippen LogP contribution >= 0.6 is 11.6 Å². The largest absolute Gasteiger partial charge is 0.396 e. The minimum absolute atomic E-state index is 0.487. The Morgan fingerprint density at radius 2 is 2.35 bits per heavy atom. The molecule has 0 aliphatic carbocycles. The Kier molecular flexibility index (Phi) is 3.74. The number of likely N-dealkylation sites (N-methyl/N-ethyl adjacent to an activating group) is 2. The molecule has 1 saturated heterocycles. The molecule has 0 saturated carbocycles. The second kappa shape index (κ2) is 5.10. The van der Waals surface area contributed by atoms with Crippen LogP contribution in [0.25, 0.3) is 0 Å². The Bertz CT molecular complexity index is 396. The minimum atomic E-state index is 0.487. The van der Waals surface area contributed by atoms with Crippen LogP contribution in [0, 0.1) is 0 Å². The van der Waals surface area contributed by atoms with Crippen LogP contribution in [-0.4, -0.2) is 43.1 Å². The summed E-state index contributed by atoms with van der Waals surface area (Å²) >= 11 is 5.90. The van der Waals surface area contributed by atoms with Gasteiger partial charge in [0, 0.05) is 19.6 Å². The number of rotatable bonds is 3. The zero-order valence-electron chi connectivity index (χ0n) is 10.4. The number of aromatic nitrogens is 1. The molecule has 4 nitrogen and oxygen atoms in total. The van der Waals surface area contributed by atoms with E-state index in [4.69, 9.17) is 17.3 Å². The van der Waals surface area contributed by atoms with Gasteiger partial charge in [-0.25, -0.2) is 4.98 Å². The molecule has 1 aliphatic rings. The van der Waals surface area contributed by atoms with Crippen LogP contribution in [0.4, 0.5) is 11.5 Å². The van der Waals surface area contributed by atoms with E-state index in [-0.39, 0.29) is 0 Å². The zero-order valence-corrected chi connectivity index (χ0v) is 11.1. The van der Waals surface area contributed by atoms with E-state index in [1.807, 2.05) is 7.05 Å². The molecule has 1 unspecified atom stereocenters. The Labute approximate surface area is 107 Å². The molecule has 2 rings (SSSR count). The summed E-state index contributed by atoms with van der Waals surface area (Å²) in [4.78, 5) is 8.76. The fourth-order valence-electron chi connectivity index (χ4n) is 2.35. The number of nitrogens with zero attached hydrogens (tertiary/aromatic N) is 3. The quantitative estimate of drug-likeness (QED) is 0.837. The highest BCUT2D eigenvalue weighted by molar-refractivity contribution is 6.29. The molecule has 1 fully saturated rings. The summed E-state index contributed by atoms with van der Waals surface area (Å²) in [6.07, 6.45) is 2.51. The highest BCUT2D eigenvalue weighted by Gasteiger charge is 2.23. The molecular weight excluding hydrogens is 236 g/mol. The van der Waals surface area contributed by atoms with Gasteiger partial charge in [-0.1, -0.05) is 11.6 Å². The van der Waals surface area contributed by atoms with E-state index >= 15 is 0 Å². The lowest BCUT2D eigenvalue weighted by atomic mass is 10.2. The van der Waals surface area contributed by atoms with Gasteiger partial charge in [0.1, 0.15) is 5.15 Å². The molecule has 0 aromatic carbocycles. The van der Waals surface area contributed by atoms with Gasteiger partial charge in [-0.3, -0.25) is 0 Å². The molecule has 1 aromatic heterocycles. The number of likely N-dealkylation sites (tertiary alicyclic amines) is 1. The third-order valence-electron chi connectivity index (χ3n) is 3.39. The van der Waals surface area contributed by atoms with Gasteiger partial charge in [-0.15, -0.1) is 0 Å². The second-order valence-electron chi connectivity index (χ2n) is 4.70. The van der Waals surface area contributed by atoms with Gasteiger partial charge in [0.2, 0.25) is 0 Å². The monoisotopic (exact) mass is 254 g/mol.